The minimum Gasteiger partial charge on any atom is -0.314 e. The van der Waals surface area contributed by atoms with Gasteiger partial charge in [-0.15, -0.1) is 11.8 Å². The fraction of sp³-hybridized carbons (Fsp3) is 0.600. The molecule has 0 heterocycles. The summed E-state index contributed by atoms with van der Waals surface area (Å²) in [6.45, 7) is 5.75. The van der Waals surface area contributed by atoms with Gasteiger partial charge in [-0.25, -0.2) is 0 Å². The first-order valence-electron chi connectivity index (χ1n) is 6.86. The highest BCUT2D eigenvalue weighted by Gasteiger charge is 2.32. The van der Waals surface area contributed by atoms with Crippen LogP contribution in [0.3, 0.4) is 0 Å². The summed E-state index contributed by atoms with van der Waals surface area (Å²) in [7, 11) is 0. The quantitative estimate of drug-likeness (QED) is 0.848. The molecule has 3 heteroatoms. The van der Waals surface area contributed by atoms with E-state index in [2.05, 4.69) is 31.3 Å². The maximum absolute atomic E-state index is 6.04. The largest absolute Gasteiger partial charge is 0.314 e. The second kappa shape index (κ2) is 6.83. The molecule has 0 amide bonds. The molecule has 0 radical (unpaired) electrons. The number of nitrogens with one attached hydrogen (secondary N) is 1. The molecule has 0 bridgehead atoms. The Morgan fingerprint density at radius 2 is 2.22 bits per heavy atom. The van der Waals surface area contributed by atoms with Crippen LogP contribution in [-0.2, 0) is 0 Å². The highest BCUT2D eigenvalue weighted by Crippen LogP contribution is 2.39. The van der Waals surface area contributed by atoms with E-state index in [1.807, 2.05) is 23.9 Å². The van der Waals surface area contributed by atoms with Crippen molar-refractivity contribution in [2.75, 3.05) is 6.54 Å². The zero-order chi connectivity index (χ0) is 13.0. The molecule has 0 aromatic heterocycles. The molecular weight excluding hydrogens is 262 g/mol. The molecular formula is C15H22ClNS. The van der Waals surface area contributed by atoms with Gasteiger partial charge in [0, 0.05) is 21.2 Å². The van der Waals surface area contributed by atoms with E-state index in [0.717, 1.165) is 22.7 Å². The number of rotatable bonds is 5. The van der Waals surface area contributed by atoms with Crippen molar-refractivity contribution >= 4 is 23.4 Å². The van der Waals surface area contributed by atoms with Crippen LogP contribution in [0.4, 0.5) is 0 Å². The summed E-state index contributed by atoms with van der Waals surface area (Å²) in [6.07, 6.45) is 3.83. The third-order valence-electron chi connectivity index (χ3n) is 3.72. The fourth-order valence-electron chi connectivity index (χ4n) is 2.63. The van der Waals surface area contributed by atoms with Crippen molar-refractivity contribution in [3.05, 3.63) is 29.3 Å². The molecule has 1 nitrogen and oxygen atoms in total. The predicted molar refractivity (Wildman–Crippen MR) is 81.6 cm³/mol. The molecule has 1 aliphatic rings. The maximum atomic E-state index is 6.04. The van der Waals surface area contributed by atoms with Crippen LogP contribution in [0.5, 0.6) is 0 Å². The van der Waals surface area contributed by atoms with Crippen molar-refractivity contribution in [3.63, 3.8) is 0 Å². The van der Waals surface area contributed by atoms with E-state index in [1.54, 1.807) is 0 Å². The molecule has 1 aromatic rings. The molecule has 3 atom stereocenters. The summed E-state index contributed by atoms with van der Waals surface area (Å²) >= 11 is 8.02. The summed E-state index contributed by atoms with van der Waals surface area (Å²) in [5.41, 5.74) is 0. The van der Waals surface area contributed by atoms with Gasteiger partial charge in [-0.3, -0.25) is 0 Å². The third kappa shape index (κ3) is 3.66. The van der Waals surface area contributed by atoms with Gasteiger partial charge in [0.15, 0.2) is 0 Å². The van der Waals surface area contributed by atoms with E-state index in [0.29, 0.717) is 6.04 Å². The SMILES string of the molecule is CCCNC1CCC(Sc2cccc(Cl)c2)C1C. The lowest BCUT2D eigenvalue weighted by molar-refractivity contribution is 0.432. The van der Waals surface area contributed by atoms with Crippen LogP contribution >= 0.6 is 23.4 Å². The number of hydrogen-bond acceptors (Lipinski definition) is 2. The van der Waals surface area contributed by atoms with Gasteiger partial charge in [-0.2, -0.15) is 0 Å². The second-order valence-electron chi connectivity index (χ2n) is 5.11. The summed E-state index contributed by atoms with van der Waals surface area (Å²) < 4.78 is 0. The van der Waals surface area contributed by atoms with Gasteiger partial charge in [0.2, 0.25) is 0 Å². The first-order valence-corrected chi connectivity index (χ1v) is 8.12. The van der Waals surface area contributed by atoms with Crippen LogP contribution in [0.2, 0.25) is 5.02 Å². The lowest BCUT2D eigenvalue weighted by Crippen LogP contribution is -2.33. The van der Waals surface area contributed by atoms with Gasteiger partial charge in [-0.1, -0.05) is 31.5 Å². The second-order valence-corrected chi connectivity index (χ2v) is 6.86. The lowest BCUT2D eigenvalue weighted by atomic mass is 10.1. The van der Waals surface area contributed by atoms with E-state index >= 15 is 0 Å². The monoisotopic (exact) mass is 283 g/mol. The standard InChI is InChI=1S/C15H22ClNS/c1-3-9-17-14-7-8-15(11(14)2)18-13-6-4-5-12(16)10-13/h4-6,10-11,14-15,17H,3,7-9H2,1-2H3. The van der Waals surface area contributed by atoms with Crippen LogP contribution < -0.4 is 5.32 Å². The molecule has 18 heavy (non-hydrogen) atoms. The van der Waals surface area contributed by atoms with E-state index in [-0.39, 0.29) is 0 Å². The maximum Gasteiger partial charge on any atom is 0.0417 e. The highest BCUT2D eigenvalue weighted by molar-refractivity contribution is 8.00. The first kappa shape index (κ1) is 14.2. The Morgan fingerprint density at radius 1 is 1.39 bits per heavy atom. The van der Waals surface area contributed by atoms with Gasteiger partial charge in [0.25, 0.3) is 0 Å². The van der Waals surface area contributed by atoms with Crippen molar-refractivity contribution in [2.24, 2.45) is 5.92 Å². The Kier molecular flexibility index (Phi) is 5.40. The average molecular weight is 284 g/mol. The van der Waals surface area contributed by atoms with Crippen molar-refractivity contribution in [1.29, 1.82) is 0 Å². The lowest BCUT2D eigenvalue weighted by Gasteiger charge is -2.21. The molecule has 1 aromatic carbocycles. The van der Waals surface area contributed by atoms with Crippen LogP contribution in [0.25, 0.3) is 0 Å². The van der Waals surface area contributed by atoms with E-state index in [1.165, 1.54) is 24.2 Å². The summed E-state index contributed by atoms with van der Waals surface area (Å²) in [6, 6.07) is 8.91. The van der Waals surface area contributed by atoms with Crippen molar-refractivity contribution in [2.45, 2.75) is 49.3 Å². The summed E-state index contributed by atoms with van der Waals surface area (Å²) in [5, 5.41) is 5.23. The van der Waals surface area contributed by atoms with E-state index in [4.69, 9.17) is 11.6 Å². The molecule has 1 saturated carbocycles. The van der Waals surface area contributed by atoms with Crippen molar-refractivity contribution < 1.29 is 0 Å². The van der Waals surface area contributed by atoms with E-state index < -0.39 is 0 Å². The van der Waals surface area contributed by atoms with Crippen LogP contribution in [0.15, 0.2) is 29.2 Å². The summed E-state index contributed by atoms with van der Waals surface area (Å²) in [4.78, 5) is 1.30. The van der Waals surface area contributed by atoms with Crippen molar-refractivity contribution in [1.82, 2.24) is 5.32 Å². The Bertz CT molecular complexity index is 383. The normalized spacial score (nSPS) is 27.6. The molecule has 1 fully saturated rings. The van der Waals surface area contributed by atoms with Gasteiger partial charge in [-0.05, 0) is 49.9 Å². The van der Waals surface area contributed by atoms with Crippen LogP contribution in [-0.4, -0.2) is 17.8 Å². The molecule has 1 N–H and O–H groups in total. The topological polar surface area (TPSA) is 12.0 Å². The minimum atomic E-state index is 0.696. The zero-order valence-corrected chi connectivity index (χ0v) is 12.7. The molecule has 2 rings (SSSR count). The number of benzene rings is 1. The zero-order valence-electron chi connectivity index (χ0n) is 11.2. The third-order valence-corrected chi connectivity index (χ3v) is 5.45. The van der Waals surface area contributed by atoms with Crippen LogP contribution in [0.1, 0.15) is 33.1 Å². The van der Waals surface area contributed by atoms with Gasteiger partial charge >= 0.3 is 0 Å². The Labute approximate surface area is 120 Å². The first-order chi connectivity index (χ1) is 8.70. The number of hydrogen-bond donors (Lipinski definition) is 1. The van der Waals surface area contributed by atoms with Gasteiger partial charge in [0.05, 0.1) is 0 Å². The molecule has 0 saturated heterocycles. The number of thioether (sulfide) groups is 1. The van der Waals surface area contributed by atoms with E-state index in [9.17, 15) is 0 Å². The smallest absolute Gasteiger partial charge is 0.0417 e. The Morgan fingerprint density at radius 3 is 2.94 bits per heavy atom. The predicted octanol–water partition coefficient (Wildman–Crippen LogP) is 4.60. The molecule has 1 aliphatic carbocycles. The fourth-order valence-corrected chi connectivity index (χ4v) is 4.24. The highest BCUT2D eigenvalue weighted by atomic mass is 35.5. The number of halogens is 1. The average Bonchev–Trinajstić information content (AvgIpc) is 2.69. The van der Waals surface area contributed by atoms with Crippen LogP contribution in [0, 0.1) is 5.92 Å². The van der Waals surface area contributed by atoms with Gasteiger partial charge < -0.3 is 5.32 Å². The molecule has 100 valence electrons. The minimum absolute atomic E-state index is 0.696. The Balaban J connectivity index is 1.91. The van der Waals surface area contributed by atoms with Crippen molar-refractivity contribution in [3.8, 4) is 0 Å². The molecule has 0 spiro atoms. The molecule has 3 unspecified atom stereocenters. The molecule has 0 aliphatic heterocycles. The Hall–Kier alpha value is -0.180. The van der Waals surface area contributed by atoms with Gasteiger partial charge in [0.1, 0.15) is 0 Å². The summed E-state index contributed by atoms with van der Waals surface area (Å²) in [5.74, 6) is 0.737.